The minimum atomic E-state index is 0.674. The fraction of sp³-hybridized carbons (Fsp3) is 0.0667. The van der Waals surface area contributed by atoms with Crippen LogP contribution in [0.4, 0.5) is 0 Å². The lowest BCUT2D eigenvalue weighted by molar-refractivity contribution is 1.07. The van der Waals surface area contributed by atoms with E-state index in [1.807, 2.05) is 48.5 Å². The highest BCUT2D eigenvalue weighted by molar-refractivity contribution is 5.85. The second-order valence-corrected chi connectivity index (χ2v) is 3.63. The van der Waals surface area contributed by atoms with E-state index in [0.717, 1.165) is 5.56 Å². The molecule has 0 saturated carbocycles. The molecule has 0 aliphatic heterocycles. The number of rotatable bonds is 4. The average molecular weight is 222 g/mol. The monoisotopic (exact) mass is 222 g/mol. The second-order valence-electron chi connectivity index (χ2n) is 3.63. The molecule has 2 aromatic carbocycles. The Balaban J connectivity index is 1.85. The van der Waals surface area contributed by atoms with Gasteiger partial charge in [-0.2, -0.15) is 0 Å². The Morgan fingerprint density at radius 3 is 2.18 bits per heavy atom. The molecule has 0 fully saturated rings. The third-order valence-corrected chi connectivity index (χ3v) is 2.29. The summed E-state index contributed by atoms with van der Waals surface area (Å²) in [7, 11) is 0. The number of nitrogens with zero attached hydrogens (tertiary/aromatic N) is 2. The van der Waals surface area contributed by atoms with E-state index in [-0.39, 0.29) is 0 Å². The Morgan fingerprint density at radius 1 is 0.824 bits per heavy atom. The summed E-state index contributed by atoms with van der Waals surface area (Å²) in [5, 5.41) is 0. The highest BCUT2D eigenvalue weighted by Crippen LogP contribution is 1.99. The molecular formula is C15H14N2. The standard InChI is InChI=1S/C15H14N2/c1-3-7-14(8-4-1)11-16-13-17-12-15-9-5-2-6-10-15/h1-11,13H,12H2. The second kappa shape index (κ2) is 6.38. The predicted octanol–water partition coefficient (Wildman–Crippen LogP) is 3.33. The molecule has 0 heterocycles. The number of aliphatic imine (C=N–C) groups is 2. The molecule has 0 radical (unpaired) electrons. The molecule has 0 N–H and O–H groups in total. The number of benzene rings is 2. The molecule has 84 valence electrons. The SMILES string of the molecule is C(=NC=NCc1ccccc1)c1ccccc1. The average Bonchev–Trinajstić information content (AvgIpc) is 2.41. The molecular weight excluding hydrogens is 208 g/mol. The maximum absolute atomic E-state index is 4.23. The molecule has 0 spiro atoms. The van der Waals surface area contributed by atoms with Gasteiger partial charge in [-0.05, 0) is 11.1 Å². The molecule has 0 aromatic heterocycles. The number of hydrogen-bond acceptors (Lipinski definition) is 1. The summed E-state index contributed by atoms with van der Waals surface area (Å²) in [5.41, 5.74) is 2.28. The van der Waals surface area contributed by atoms with Crippen molar-refractivity contribution in [3.05, 3.63) is 71.8 Å². The van der Waals surface area contributed by atoms with Crippen LogP contribution in [0.2, 0.25) is 0 Å². The quantitative estimate of drug-likeness (QED) is 0.560. The van der Waals surface area contributed by atoms with E-state index in [0.29, 0.717) is 6.54 Å². The lowest BCUT2D eigenvalue weighted by atomic mass is 10.2. The molecule has 0 atom stereocenters. The van der Waals surface area contributed by atoms with Crippen molar-refractivity contribution < 1.29 is 0 Å². The van der Waals surface area contributed by atoms with E-state index >= 15 is 0 Å². The molecule has 0 aliphatic rings. The summed E-state index contributed by atoms with van der Waals surface area (Å²) in [6, 6.07) is 20.1. The molecule has 0 aliphatic carbocycles. The summed E-state index contributed by atoms with van der Waals surface area (Å²) in [6.07, 6.45) is 3.40. The van der Waals surface area contributed by atoms with Gasteiger partial charge in [0.15, 0.2) is 0 Å². The summed E-state index contributed by atoms with van der Waals surface area (Å²) >= 11 is 0. The van der Waals surface area contributed by atoms with Gasteiger partial charge in [0.05, 0.1) is 6.54 Å². The van der Waals surface area contributed by atoms with Gasteiger partial charge in [-0.1, -0.05) is 60.7 Å². The van der Waals surface area contributed by atoms with Crippen molar-refractivity contribution in [1.82, 2.24) is 0 Å². The van der Waals surface area contributed by atoms with Gasteiger partial charge < -0.3 is 0 Å². The Labute approximate surface area is 101 Å². The Kier molecular flexibility index (Phi) is 4.23. The maximum atomic E-state index is 4.23. The largest absolute Gasteiger partial charge is 0.269 e. The van der Waals surface area contributed by atoms with Gasteiger partial charge in [-0.15, -0.1) is 0 Å². The third-order valence-electron chi connectivity index (χ3n) is 2.29. The van der Waals surface area contributed by atoms with E-state index in [2.05, 4.69) is 22.1 Å². The summed E-state index contributed by atoms with van der Waals surface area (Å²) in [5.74, 6) is 0. The highest BCUT2D eigenvalue weighted by Gasteiger charge is 1.85. The van der Waals surface area contributed by atoms with Crippen LogP contribution in [0.25, 0.3) is 0 Å². The maximum Gasteiger partial charge on any atom is 0.110 e. The minimum absolute atomic E-state index is 0.674. The zero-order valence-electron chi connectivity index (χ0n) is 9.53. The zero-order chi connectivity index (χ0) is 11.8. The van der Waals surface area contributed by atoms with E-state index in [9.17, 15) is 0 Å². The summed E-state index contributed by atoms with van der Waals surface area (Å²) in [4.78, 5) is 8.37. The fourth-order valence-corrected chi connectivity index (χ4v) is 1.44. The lowest BCUT2D eigenvalue weighted by Gasteiger charge is -1.92. The van der Waals surface area contributed by atoms with Crippen LogP contribution in [0.15, 0.2) is 70.6 Å². The fourth-order valence-electron chi connectivity index (χ4n) is 1.44. The van der Waals surface area contributed by atoms with Crippen LogP contribution < -0.4 is 0 Å². The van der Waals surface area contributed by atoms with Crippen molar-refractivity contribution in [1.29, 1.82) is 0 Å². The molecule has 2 rings (SSSR count). The van der Waals surface area contributed by atoms with Crippen LogP contribution in [0.5, 0.6) is 0 Å². The third kappa shape index (κ3) is 4.03. The van der Waals surface area contributed by atoms with Crippen molar-refractivity contribution in [3.63, 3.8) is 0 Å². The molecule has 2 heteroatoms. The van der Waals surface area contributed by atoms with Crippen LogP contribution in [-0.4, -0.2) is 12.6 Å². The van der Waals surface area contributed by atoms with Gasteiger partial charge in [0.1, 0.15) is 6.34 Å². The van der Waals surface area contributed by atoms with Gasteiger partial charge in [0.2, 0.25) is 0 Å². The summed E-state index contributed by atoms with van der Waals surface area (Å²) < 4.78 is 0. The molecule has 2 aromatic rings. The van der Waals surface area contributed by atoms with Gasteiger partial charge in [0, 0.05) is 6.21 Å². The first-order chi connectivity index (χ1) is 8.45. The van der Waals surface area contributed by atoms with E-state index in [1.165, 1.54) is 5.56 Å². The van der Waals surface area contributed by atoms with E-state index in [1.54, 1.807) is 12.6 Å². The predicted molar refractivity (Wildman–Crippen MR) is 72.7 cm³/mol. The molecule has 0 amide bonds. The van der Waals surface area contributed by atoms with Crippen molar-refractivity contribution in [2.75, 3.05) is 0 Å². The zero-order valence-corrected chi connectivity index (χ0v) is 9.53. The Morgan fingerprint density at radius 2 is 1.47 bits per heavy atom. The first-order valence-corrected chi connectivity index (χ1v) is 5.55. The molecule has 0 bridgehead atoms. The van der Waals surface area contributed by atoms with Gasteiger partial charge in [-0.3, -0.25) is 4.99 Å². The topological polar surface area (TPSA) is 24.7 Å². The molecule has 0 saturated heterocycles. The number of hydrogen-bond donors (Lipinski definition) is 0. The normalized spacial score (nSPS) is 11.3. The molecule has 0 unspecified atom stereocenters. The first-order valence-electron chi connectivity index (χ1n) is 5.55. The Hall–Kier alpha value is -2.22. The highest BCUT2D eigenvalue weighted by atomic mass is 14.8. The van der Waals surface area contributed by atoms with Crippen molar-refractivity contribution in [3.8, 4) is 0 Å². The van der Waals surface area contributed by atoms with Crippen molar-refractivity contribution in [2.24, 2.45) is 9.98 Å². The molecule has 2 nitrogen and oxygen atoms in total. The van der Waals surface area contributed by atoms with E-state index < -0.39 is 0 Å². The van der Waals surface area contributed by atoms with Gasteiger partial charge in [-0.25, -0.2) is 4.99 Å². The van der Waals surface area contributed by atoms with Crippen LogP contribution in [0.3, 0.4) is 0 Å². The van der Waals surface area contributed by atoms with Crippen LogP contribution in [0.1, 0.15) is 11.1 Å². The lowest BCUT2D eigenvalue weighted by Crippen LogP contribution is -1.82. The van der Waals surface area contributed by atoms with Gasteiger partial charge in [0.25, 0.3) is 0 Å². The van der Waals surface area contributed by atoms with Crippen molar-refractivity contribution >= 4 is 12.6 Å². The first kappa shape index (κ1) is 11.3. The smallest absolute Gasteiger partial charge is 0.110 e. The van der Waals surface area contributed by atoms with E-state index in [4.69, 9.17) is 0 Å². The van der Waals surface area contributed by atoms with Crippen LogP contribution >= 0.6 is 0 Å². The minimum Gasteiger partial charge on any atom is -0.269 e. The van der Waals surface area contributed by atoms with Gasteiger partial charge >= 0.3 is 0 Å². The van der Waals surface area contributed by atoms with Crippen LogP contribution in [-0.2, 0) is 6.54 Å². The van der Waals surface area contributed by atoms with Crippen LogP contribution in [0, 0.1) is 0 Å². The van der Waals surface area contributed by atoms with Crippen molar-refractivity contribution in [2.45, 2.75) is 6.54 Å². The Bertz CT molecular complexity index is 487. The molecule has 17 heavy (non-hydrogen) atoms. The summed E-state index contributed by atoms with van der Waals surface area (Å²) in [6.45, 7) is 0.674.